The summed E-state index contributed by atoms with van der Waals surface area (Å²) in [6.45, 7) is 8.31. The van der Waals surface area contributed by atoms with Crippen LogP contribution in [-0.4, -0.2) is 72.8 Å². The van der Waals surface area contributed by atoms with Gasteiger partial charge in [0, 0.05) is 31.6 Å². The third-order valence-electron chi connectivity index (χ3n) is 5.85. The molecule has 0 saturated carbocycles. The second kappa shape index (κ2) is 12.5. The molecule has 0 spiro atoms. The zero-order valence-corrected chi connectivity index (χ0v) is 22.2. The highest BCUT2D eigenvalue weighted by Crippen LogP contribution is 2.29. The molecule has 0 aromatic heterocycles. The van der Waals surface area contributed by atoms with E-state index in [2.05, 4.69) is 0 Å². The maximum absolute atomic E-state index is 12.9. The van der Waals surface area contributed by atoms with Crippen LogP contribution in [-0.2, 0) is 16.1 Å². The van der Waals surface area contributed by atoms with Crippen LogP contribution in [0, 0.1) is 0 Å². The number of carbonyl (C=O) groups is 3. The van der Waals surface area contributed by atoms with E-state index in [1.165, 1.54) is 14.0 Å². The van der Waals surface area contributed by atoms with E-state index in [0.29, 0.717) is 36.6 Å². The first-order valence-corrected chi connectivity index (χ1v) is 12.3. The van der Waals surface area contributed by atoms with Crippen molar-refractivity contribution in [2.45, 2.75) is 52.4 Å². The average molecular weight is 513 g/mol. The number of ether oxygens (including phenoxy) is 4. The van der Waals surface area contributed by atoms with Crippen LogP contribution < -0.4 is 9.47 Å². The summed E-state index contributed by atoms with van der Waals surface area (Å²) in [6.07, 6.45) is -0.419. The minimum absolute atomic E-state index is 0.0701. The summed E-state index contributed by atoms with van der Waals surface area (Å²) in [5.41, 5.74) is 0.783. The summed E-state index contributed by atoms with van der Waals surface area (Å²) >= 11 is 0. The molecule has 1 aliphatic heterocycles. The number of hydrogen-bond acceptors (Lipinski definition) is 7. The fourth-order valence-electron chi connectivity index (χ4n) is 3.95. The van der Waals surface area contributed by atoms with Crippen LogP contribution in [0.25, 0.3) is 0 Å². The molecule has 1 saturated heterocycles. The minimum atomic E-state index is -0.643. The molecular formula is C28H36N2O7. The second-order valence-corrected chi connectivity index (χ2v) is 9.87. The van der Waals surface area contributed by atoms with Crippen LogP contribution in [0.3, 0.4) is 0 Å². The second-order valence-electron chi connectivity index (χ2n) is 9.87. The minimum Gasteiger partial charge on any atom is -0.493 e. The number of piperazine rings is 1. The Morgan fingerprint density at radius 3 is 2.35 bits per heavy atom. The first-order valence-electron chi connectivity index (χ1n) is 12.3. The molecule has 0 radical (unpaired) electrons. The lowest BCUT2D eigenvalue weighted by Crippen LogP contribution is -2.57. The molecule has 2 aromatic carbocycles. The number of rotatable bonds is 8. The van der Waals surface area contributed by atoms with Gasteiger partial charge in [0.25, 0.3) is 0 Å². The van der Waals surface area contributed by atoms with Crippen molar-refractivity contribution in [3.63, 3.8) is 0 Å². The van der Waals surface area contributed by atoms with Gasteiger partial charge >= 0.3 is 12.2 Å². The van der Waals surface area contributed by atoms with E-state index in [9.17, 15) is 14.4 Å². The molecule has 0 N–H and O–H groups in total. The zero-order valence-electron chi connectivity index (χ0n) is 22.2. The van der Waals surface area contributed by atoms with Gasteiger partial charge in [-0.05, 0) is 51.5 Å². The van der Waals surface area contributed by atoms with E-state index in [4.69, 9.17) is 18.9 Å². The molecule has 0 unspecified atom stereocenters. The lowest BCUT2D eigenvalue weighted by molar-refractivity contribution is -0.00618. The van der Waals surface area contributed by atoms with E-state index in [1.807, 2.05) is 51.1 Å². The summed E-state index contributed by atoms with van der Waals surface area (Å²) < 4.78 is 22.4. The fourth-order valence-corrected chi connectivity index (χ4v) is 3.95. The number of nitrogens with zero attached hydrogens (tertiary/aromatic N) is 2. The number of amides is 2. The quantitative estimate of drug-likeness (QED) is 0.463. The van der Waals surface area contributed by atoms with Crippen molar-refractivity contribution in [3.8, 4) is 11.5 Å². The molecular weight excluding hydrogens is 476 g/mol. The predicted octanol–water partition coefficient (Wildman–Crippen LogP) is 4.92. The Hall–Kier alpha value is -3.75. The number of ketones is 1. The summed E-state index contributed by atoms with van der Waals surface area (Å²) in [5, 5.41) is 0. The molecule has 1 heterocycles. The smallest absolute Gasteiger partial charge is 0.410 e. The van der Waals surface area contributed by atoms with Gasteiger partial charge in [0.15, 0.2) is 17.3 Å². The van der Waals surface area contributed by atoms with E-state index < -0.39 is 17.8 Å². The summed E-state index contributed by atoms with van der Waals surface area (Å²) in [7, 11) is 1.51. The van der Waals surface area contributed by atoms with Gasteiger partial charge in [-0.1, -0.05) is 30.3 Å². The Labute approximate surface area is 218 Å². The molecule has 2 amide bonds. The molecule has 1 fully saturated rings. The van der Waals surface area contributed by atoms with Crippen LogP contribution in [0.15, 0.2) is 48.5 Å². The molecule has 9 nitrogen and oxygen atoms in total. The van der Waals surface area contributed by atoms with Crippen molar-refractivity contribution in [1.29, 1.82) is 0 Å². The number of carbonyl (C=O) groups excluding carboxylic acids is 3. The summed E-state index contributed by atoms with van der Waals surface area (Å²) in [6, 6.07) is 14.1. The summed E-state index contributed by atoms with van der Waals surface area (Å²) in [4.78, 5) is 40.6. The van der Waals surface area contributed by atoms with Crippen molar-refractivity contribution >= 4 is 18.0 Å². The molecule has 2 aromatic rings. The molecule has 37 heavy (non-hydrogen) atoms. The van der Waals surface area contributed by atoms with Crippen LogP contribution in [0.5, 0.6) is 11.5 Å². The third-order valence-corrected chi connectivity index (χ3v) is 5.85. The molecule has 0 bridgehead atoms. The Bertz CT molecular complexity index is 1080. The number of benzene rings is 2. The number of Topliss-reactive ketones (excluding diaryl/α,β-unsaturated/α-hetero) is 1. The SMILES string of the molecule is COc1cc(C(C)=O)ccc1OCC[C@@H]1CN(C(=O)OCc2ccccc2)CCN1C(=O)OC(C)(C)C. The first kappa shape index (κ1) is 27.8. The van der Waals surface area contributed by atoms with Gasteiger partial charge in [-0.2, -0.15) is 0 Å². The Kier molecular flexibility index (Phi) is 9.38. The number of hydrogen-bond donors (Lipinski definition) is 0. The maximum atomic E-state index is 12.9. The van der Waals surface area contributed by atoms with E-state index in [-0.39, 0.29) is 31.6 Å². The molecule has 1 atom stereocenters. The lowest BCUT2D eigenvalue weighted by atomic mass is 10.1. The fraction of sp³-hybridized carbons (Fsp3) is 0.464. The standard InChI is InChI=1S/C28H36N2O7/c1-20(31)22-11-12-24(25(17-22)34-5)35-16-13-23-18-29(14-15-30(23)27(33)37-28(2,3)4)26(32)36-19-21-9-7-6-8-10-21/h6-12,17,23H,13-16,18-19H2,1-5H3/t23-/m1/s1. The van der Waals surface area contributed by atoms with Crippen LogP contribution in [0.2, 0.25) is 0 Å². The zero-order chi connectivity index (χ0) is 27.0. The molecule has 9 heteroatoms. The molecule has 1 aliphatic rings. The highest BCUT2D eigenvalue weighted by atomic mass is 16.6. The van der Waals surface area contributed by atoms with E-state index in [0.717, 1.165) is 5.56 Å². The van der Waals surface area contributed by atoms with Gasteiger partial charge in [0.1, 0.15) is 12.2 Å². The van der Waals surface area contributed by atoms with Gasteiger partial charge in [0.05, 0.1) is 19.8 Å². The molecule has 0 aliphatic carbocycles. The van der Waals surface area contributed by atoms with Crippen molar-refractivity contribution in [2.24, 2.45) is 0 Å². The Balaban J connectivity index is 1.66. The first-order chi connectivity index (χ1) is 17.6. The van der Waals surface area contributed by atoms with Crippen molar-refractivity contribution in [1.82, 2.24) is 9.80 Å². The largest absolute Gasteiger partial charge is 0.493 e. The Morgan fingerprint density at radius 2 is 1.70 bits per heavy atom. The van der Waals surface area contributed by atoms with Crippen LogP contribution in [0.1, 0.15) is 50.0 Å². The summed E-state index contributed by atoms with van der Waals surface area (Å²) in [5.74, 6) is 0.872. The lowest BCUT2D eigenvalue weighted by Gasteiger charge is -2.41. The van der Waals surface area contributed by atoms with Gasteiger partial charge in [-0.15, -0.1) is 0 Å². The van der Waals surface area contributed by atoms with Crippen molar-refractivity contribution in [3.05, 3.63) is 59.7 Å². The normalized spacial score (nSPS) is 15.6. The van der Waals surface area contributed by atoms with Gasteiger partial charge in [-0.25, -0.2) is 9.59 Å². The van der Waals surface area contributed by atoms with E-state index in [1.54, 1.807) is 28.0 Å². The van der Waals surface area contributed by atoms with E-state index >= 15 is 0 Å². The molecule has 3 rings (SSSR count). The highest BCUT2D eigenvalue weighted by molar-refractivity contribution is 5.94. The van der Waals surface area contributed by atoms with Gasteiger partial charge in [-0.3, -0.25) is 4.79 Å². The van der Waals surface area contributed by atoms with Crippen molar-refractivity contribution < 1.29 is 33.3 Å². The highest BCUT2D eigenvalue weighted by Gasteiger charge is 2.35. The monoisotopic (exact) mass is 512 g/mol. The molecule has 200 valence electrons. The third kappa shape index (κ3) is 8.13. The van der Waals surface area contributed by atoms with Crippen LogP contribution >= 0.6 is 0 Å². The Morgan fingerprint density at radius 1 is 0.973 bits per heavy atom. The predicted molar refractivity (Wildman–Crippen MR) is 138 cm³/mol. The van der Waals surface area contributed by atoms with Gasteiger partial charge in [0.2, 0.25) is 0 Å². The van der Waals surface area contributed by atoms with Crippen LogP contribution in [0.4, 0.5) is 9.59 Å². The maximum Gasteiger partial charge on any atom is 0.410 e. The van der Waals surface area contributed by atoms with Crippen molar-refractivity contribution in [2.75, 3.05) is 33.4 Å². The topological polar surface area (TPSA) is 94.6 Å². The average Bonchev–Trinajstić information content (AvgIpc) is 2.86. The van der Waals surface area contributed by atoms with Gasteiger partial charge < -0.3 is 28.7 Å². The number of methoxy groups -OCH3 is 1.